The maximum Gasteiger partial charge on any atom is 0.124 e. The van der Waals surface area contributed by atoms with Crippen LogP contribution in [0.1, 0.15) is 19.4 Å². The minimum absolute atomic E-state index is 0.527. The van der Waals surface area contributed by atoms with Gasteiger partial charge >= 0.3 is 0 Å². The van der Waals surface area contributed by atoms with Crippen LogP contribution < -0.4 is 15.0 Å². The zero-order chi connectivity index (χ0) is 15.9. The molecule has 0 saturated carbocycles. The van der Waals surface area contributed by atoms with E-state index in [-0.39, 0.29) is 0 Å². The van der Waals surface area contributed by atoms with E-state index in [9.17, 15) is 0 Å². The zero-order valence-electron chi connectivity index (χ0n) is 14.0. The number of ether oxygens (including phenoxy) is 1. The van der Waals surface area contributed by atoms with Gasteiger partial charge in [-0.3, -0.25) is 0 Å². The normalized spacial score (nSPS) is 10.6. The summed E-state index contributed by atoms with van der Waals surface area (Å²) < 4.78 is 5.89. The number of nitrogens with one attached hydrogen (secondary N) is 1. The largest absolute Gasteiger partial charge is 0.493 e. The molecule has 0 spiro atoms. The van der Waals surface area contributed by atoms with Gasteiger partial charge in [-0.25, -0.2) is 0 Å². The van der Waals surface area contributed by atoms with Crippen molar-refractivity contribution in [3.63, 3.8) is 0 Å². The number of hydrogen-bond donors (Lipinski definition) is 1. The van der Waals surface area contributed by atoms with E-state index in [4.69, 9.17) is 4.74 Å². The Morgan fingerprint density at radius 1 is 1.00 bits per heavy atom. The van der Waals surface area contributed by atoms with Crippen molar-refractivity contribution in [3.8, 4) is 5.75 Å². The molecule has 0 amide bonds. The smallest absolute Gasteiger partial charge is 0.124 e. The quantitative estimate of drug-likeness (QED) is 0.820. The Morgan fingerprint density at radius 2 is 1.68 bits per heavy atom. The average Bonchev–Trinajstić information content (AvgIpc) is 2.52. The molecule has 118 valence electrons. The van der Waals surface area contributed by atoms with Crippen molar-refractivity contribution in [2.45, 2.75) is 20.4 Å². The number of para-hydroxylation sites is 1. The number of benzene rings is 2. The second-order valence-corrected chi connectivity index (χ2v) is 6.11. The fourth-order valence-electron chi connectivity index (χ4n) is 2.12. The van der Waals surface area contributed by atoms with Crippen LogP contribution in [-0.2, 0) is 6.54 Å². The SMILES string of the molecule is CC(C)COc1ccccc1CNc1ccc(N(C)C)cc1. The lowest BCUT2D eigenvalue weighted by molar-refractivity contribution is 0.269. The first-order valence-electron chi connectivity index (χ1n) is 7.78. The Balaban J connectivity index is 1.99. The lowest BCUT2D eigenvalue weighted by Crippen LogP contribution is -2.09. The second-order valence-electron chi connectivity index (χ2n) is 6.11. The molecule has 0 atom stereocenters. The molecule has 2 rings (SSSR count). The third kappa shape index (κ3) is 4.69. The molecule has 1 N–H and O–H groups in total. The van der Waals surface area contributed by atoms with Gasteiger partial charge in [0.15, 0.2) is 0 Å². The van der Waals surface area contributed by atoms with Gasteiger partial charge in [-0.2, -0.15) is 0 Å². The summed E-state index contributed by atoms with van der Waals surface area (Å²) in [4.78, 5) is 2.10. The Hall–Kier alpha value is -2.16. The van der Waals surface area contributed by atoms with Crippen molar-refractivity contribution < 1.29 is 4.74 Å². The molecule has 0 saturated heterocycles. The monoisotopic (exact) mass is 298 g/mol. The van der Waals surface area contributed by atoms with Crippen molar-refractivity contribution in [1.29, 1.82) is 0 Å². The molecule has 0 fully saturated rings. The summed E-state index contributed by atoms with van der Waals surface area (Å²) in [6.07, 6.45) is 0. The van der Waals surface area contributed by atoms with E-state index < -0.39 is 0 Å². The van der Waals surface area contributed by atoms with Crippen LogP contribution in [0.5, 0.6) is 5.75 Å². The molecule has 0 unspecified atom stereocenters. The number of anilines is 2. The molecule has 3 heteroatoms. The van der Waals surface area contributed by atoms with E-state index in [2.05, 4.69) is 54.4 Å². The molecule has 2 aromatic rings. The highest BCUT2D eigenvalue weighted by Gasteiger charge is 2.04. The highest BCUT2D eigenvalue weighted by atomic mass is 16.5. The van der Waals surface area contributed by atoms with Gasteiger partial charge in [-0.1, -0.05) is 32.0 Å². The average molecular weight is 298 g/mol. The molecule has 0 bridgehead atoms. The molecule has 0 heterocycles. The molecule has 0 aliphatic rings. The predicted octanol–water partition coefficient (Wildman–Crippen LogP) is 4.40. The summed E-state index contributed by atoms with van der Waals surface area (Å²) in [7, 11) is 4.09. The van der Waals surface area contributed by atoms with Crippen molar-refractivity contribution in [2.75, 3.05) is 30.9 Å². The van der Waals surface area contributed by atoms with Crippen molar-refractivity contribution in [3.05, 3.63) is 54.1 Å². The first kappa shape index (κ1) is 16.2. The van der Waals surface area contributed by atoms with Crippen LogP contribution in [0.15, 0.2) is 48.5 Å². The van der Waals surface area contributed by atoms with E-state index in [1.807, 2.05) is 32.3 Å². The van der Waals surface area contributed by atoms with Crippen molar-refractivity contribution in [1.82, 2.24) is 0 Å². The predicted molar refractivity (Wildman–Crippen MR) is 94.9 cm³/mol. The molecular weight excluding hydrogens is 272 g/mol. The maximum absolute atomic E-state index is 5.89. The van der Waals surface area contributed by atoms with Crippen LogP contribution in [-0.4, -0.2) is 20.7 Å². The molecule has 0 aliphatic heterocycles. The van der Waals surface area contributed by atoms with Gasteiger partial charge in [0.05, 0.1) is 6.61 Å². The molecule has 0 radical (unpaired) electrons. The third-order valence-electron chi connectivity index (χ3n) is 3.41. The lowest BCUT2D eigenvalue weighted by Gasteiger charge is -2.15. The first-order chi connectivity index (χ1) is 10.6. The van der Waals surface area contributed by atoms with Gasteiger partial charge < -0.3 is 15.0 Å². The van der Waals surface area contributed by atoms with E-state index in [0.717, 1.165) is 24.6 Å². The van der Waals surface area contributed by atoms with Gasteiger partial charge in [0, 0.05) is 37.6 Å². The van der Waals surface area contributed by atoms with Crippen LogP contribution in [0.3, 0.4) is 0 Å². The summed E-state index contributed by atoms with van der Waals surface area (Å²) in [6, 6.07) is 16.7. The van der Waals surface area contributed by atoms with Crippen molar-refractivity contribution >= 4 is 11.4 Å². The molecule has 2 aromatic carbocycles. The molecule has 22 heavy (non-hydrogen) atoms. The van der Waals surface area contributed by atoms with Crippen LogP contribution in [0, 0.1) is 5.92 Å². The number of nitrogens with zero attached hydrogens (tertiary/aromatic N) is 1. The van der Waals surface area contributed by atoms with Crippen LogP contribution >= 0.6 is 0 Å². The Kier molecular flexibility index (Phi) is 5.70. The molecule has 0 aromatic heterocycles. The van der Waals surface area contributed by atoms with E-state index in [1.54, 1.807) is 0 Å². The van der Waals surface area contributed by atoms with E-state index >= 15 is 0 Å². The van der Waals surface area contributed by atoms with Crippen LogP contribution in [0.4, 0.5) is 11.4 Å². The van der Waals surface area contributed by atoms with Gasteiger partial charge in [0.25, 0.3) is 0 Å². The summed E-state index contributed by atoms with van der Waals surface area (Å²) >= 11 is 0. The molecule has 0 aliphatic carbocycles. The van der Waals surface area contributed by atoms with Crippen molar-refractivity contribution in [2.24, 2.45) is 5.92 Å². The van der Waals surface area contributed by atoms with Crippen LogP contribution in [0.25, 0.3) is 0 Å². The summed E-state index contributed by atoms with van der Waals surface area (Å²) in [5, 5.41) is 3.46. The maximum atomic E-state index is 5.89. The Bertz CT molecular complexity index is 576. The highest BCUT2D eigenvalue weighted by Crippen LogP contribution is 2.21. The van der Waals surface area contributed by atoms with Gasteiger partial charge in [0.1, 0.15) is 5.75 Å². The number of hydrogen-bond acceptors (Lipinski definition) is 3. The fraction of sp³-hybridized carbons (Fsp3) is 0.368. The fourth-order valence-corrected chi connectivity index (χ4v) is 2.12. The first-order valence-corrected chi connectivity index (χ1v) is 7.78. The van der Waals surface area contributed by atoms with Gasteiger partial charge in [-0.15, -0.1) is 0 Å². The third-order valence-corrected chi connectivity index (χ3v) is 3.41. The molecule has 3 nitrogen and oxygen atoms in total. The minimum Gasteiger partial charge on any atom is -0.493 e. The highest BCUT2D eigenvalue weighted by molar-refractivity contribution is 5.54. The Morgan fingerprint density at radius 3 is 2.32 bits per heavy atom. The number of rotatable bonds is 7. The minimum atomic E-state index is 0.527. The van der Waals surface area contributed by atoms with Gasteiger partial charge in [0.2, 0.25) is 0 Å². The molecular formula is C19H26N2O. The topological polar surface area (TPSA) is 24.5 Å². The van der Waals surface area contributed by atoms with E-state index in [0.29, 0.717) is 5.92 Å². The summed E-state index contributed by atoms with van der Waals surface area (Å²) in [5.41, 5.74) is 3.50. The summed E-state index contributed by atoms with van der Waals surface area (Å²) in [6.45, 7) is 5.82. The second kappa shape index (κ2) is 7.74. The lowest BCUT2D eigenvalue weighted by atomic mass is 10.2. The zero-order valence-corrected chi connectivity index (χ0v) is 14.0. The standard InChI is InChI=1S/C19H26N2O/c1-15(2)14-22-19-8-6-5-7-16(19)13-20-17-9-11-18(12-10-17)21(3)4/h5-12,15,20H,13-14H2,1-4H3. The summed E-state index contributed by atoms with van der Waals surface area (Å²) in [5.74, 6) is 1.49. The van der Waals surface area contributed by atoms with Crippen LogP contribution in [0.2, 0.25) is 0 Å². The van der Waals surface area contributed by atoms with E-state index in [1.165, 1.54) is 11.3 Å². The van der Waals surface area contributed by atoms with Gasteiger partial charge in [-0.05, 0) is 36.2 Å². The Labute approximate surface area is 133 Å².